The number of benzene rings is 1. The van der Waals surface area contributed by atoms with Crippen molar-refractivity contribution in [3.8, 4) is 0 Å². The van der Waals surface area contributed by atoms with Gasteiger partial charge in [0.1, 0.15) is 0 Å². The van der Waals surface area contributed by atoms with E-state index in [1.54, 1.807) is 0 Å². The van der Waals surface area contributed by atoms with Crippen molar-refractivity contribution in [1.29, 1.82) is 0 Å². The van der Waals surface area contributed by atoms with Crippen LogP contribution in [0.5, 0.6) is 0 Å². The molecule has 92 valence electrons. The fourth-order valence-corrected chi connectivity index (χ4v) is 2.73. The molecule has 1 saturated carbocycles. The van der Waals surface area contributed by atoms with Gasteiger partial charge in [-0.2, -0.15) is 0 Å². The minimum Gasteiger partial charge on any atom is -0.339 e. The van der Waals surface area contributed by atoms with Crippen LogP contribution in [0.25, 0.3) is 0 Å². The van der Waals surface area contributed by atoms with Crippen molar-refractivity contribution >= 4 is 21.8 Å². The number of aryl methyl sites for hydroxylation is 1. The van der Waals surface area contributed by atoms with Crippen molar-refractivity contribution < 1.29 is 4.79 Å². The summed E-state index contributed by atoms with van der Waals surface area (Å²) in [6.45, 7) is 4.16. The van der Waals surface area contributed by atoms with Crippen molar-refractivity contribution in [3.05, 3.63) is 33.8 Å². The molecule has 17 heavy (non-hydrogen) atoms. The zero-order chi connectivity index (χ0) is 12.6. The zero-order valence-corrected chi connectivity index (χ0v) is 12.1. The molecule has 0 aliphatic heterocycles. The van der Waals surface area contributed by atoms with Crippen molar-refractivity contribution in [3.63, 3.8) is 0 Å². The van der Waals surface area contributed by atoms with Crippen LogP contribution in [0.1, 0.15) is 35.7 Å². The van der Waals surface area contributed by atoms with E-state index in [2.05, 4.69) is 22.9 Å². The number of carbonyl (C=O) groups excluding carboxylic acids is 1. The second-order valence-electron chi connectivity index (χ2n) is 4.98. The number of hydrogen-bond acceptors (Lipinski definition) is 1. The molecule has 1 aliphatic carbocycles. The van der Waals surface area contributed by atoms with Crippen LogP contribution in [0.2, 0.25) is 0 Å². The maximum Gasteiger partial charge on any atom is 0.254 e. The molecule has 0 radical (unpaired) electrons. The zero-order valence-electron chi connectivity index (χ0n) is 10.5. The Morgan fingerprint density at radius 3 is 2.65 bits per heavy atom. The van der Waals surface area contributed by atoms with Crippen LogP contribution in [0.3, 0.4) is 0 Å². The van der Waals surface area contributed by atoms with Gasteiger partial charge in [0, 0.05) is 17.6 Å². The highest BCUT2D eigenvalue weighted by atomic mass is 79.9. The van der Waals surface area contributed by atoms with Gasteiger partial charge in [0.2, 0.25) is 0 Å². The van der Waals surface area contributed by atoms with Gasteiger partial charge in [-0.1, -0.05) is 6.07 Å². The van der Waals surface area contributed by atoms with Gasteiger partial charge in [0.05, 0.1) is 5.56 Å². The Morgan fingerprint density at radius 2 is 2.12 bits per heavy atom. The standard InChI is InChI=1S/C14H18BrNO/c1-9-4-7-12(13(15)8-9)14(17)16(3)10(2)11-5-6-11/h4,7-8,10-11H,5-6H2,1-3H3. The molecule has 0 N–H and O–H groups in total. The van der Waals surface area contributed by atoms with Gasteiger partial charge in [0.25, 0.3) is 5.91 Å². The van der Waals surface area contributed by atoms with Crippen molar-refractivity contribution in [2.45, 2.75) is 32.7 Å². The number of hydrogen-bond donors (Lipinski definition) is 0. The largest absolute Gasteiger partial charge is 0.339 e. The summed E-state index contributed by atoms with van der Waals surface area (Å²) in [7, 11) is 1.90. The van der Waals surface area contributed by atoms with E-state index in [-0.39, 0.29) is 5.91 Å². The number of carbonyl (C=O) groups is 1. The molecular weight excluding hydrogens is 278 g/mol. The van der Waals surface area contributed by atoms with E-state index in [0.29, 0.717) is 12.0 Å². The minimum absolute atomic E-state index is 0.108. The van der Waals surface area contributed by atoms with E-state index in [1.807, 2.05) is 37.1 Å². The lowest BCUT2D eigenvalue weighted by molar-refractivity contribution is 0.0726. The lowest BCUT2D eigenvalue weighted by atomic mass is 10.1. The first-order valence-corrected chi connectivity index (χ1v) is 6.83. The highest BCUT2D eigenvalue weighted by Crippen LogP contribution is 2.35. The maximum absolute atomic E-state index is 12.3. The smallest absolute Gasteiger partial charge is 0.254 e. The third-order valence-electron chi connectivity index (χ3n) is 3.59. The third kappa shape index (κ3) is 2.71. The molecule has 2 rings (SSSR count). The molecule has 1 aromatic carbocycles. The lowest BCUT2D eigenvalue weighted by Gasteiger charge is -2.25. The number of rotatable bonds is 3. The van der Waals surface area contributed by atoms with Crippen LogP contribution in [0, 0.1) is 12.8 Å². The van der Waals surface area contributed by atoms with Crippen LogP contribution in [0.15, 0.2) is 22.7 Å². The van der Waals surface area contributed by atoms with E-state index in [0.717, 1.165) is 15.6 Å². The molecule has 0 spiro atoms. The topological polar surface area (TPSA) is 20.3 Å². The van der Waals surface area contributed by atoms with Crippen LogP contribution in [-0.4, -0.2) is 23.9 Å². The van der Waals surface area contributed by atoms with Crippen molar-refractivity contribution in [2.75, 3.05) is 7.05 Å². The van der Waals surface area contributed by atoms with Gasteiger partial charge in [0.15, 0.2) is 0 Å². The molecule has 1 unspecified atom stereocenters. The average Bonchev–Trinajstić information content (AvgIpc) is 3.10. The minimum atomic E-state index is 0.108. The highest BCUT2D eigenvalue weighted by molar-refractivity contribution is 9.10. The van der Waals surface area contributed by atoms with Crippen LogP contribution >= 0.6 is 15.9 Å². The molecule has 3 heteroatoms. The molecule has 0 saturated heterocycles. The summed E-state index contributed by atoms with van der Waals surface area (Å²) in [6.07, 6.45) is 2.52. The molecule has 1 atom stereocenters. The Labute approximate surface area is 111 Å². The summed E-state index contributed by atoms with van der Waals surface area (Å²) >= 11 is 3.47. The van der Waals surface area contributed by atoms with E-state index < -0.39 is 0 Å². The normalized spacial score (nSPS) is 16.7. The first-order valence-electron chi connectivity index (χ1n) is 6.04. The summed E-state index contributed by atoms with van der Waals surface area (Å²) in [4.78, 5) is 14.2. The number of amides is 1. The third-order valence-corrected chi connectivity index (χ3v) is 4.25. The molecular formula is C14H18BrNO. The van der Waals surface area contributed by atoms with Gasteiger partial charge >= 0.3 is 0 Å². The summed E-state index contributed by atoms with van der Waals surface area (Å²) in [6, 6.07) is 6.21. The van der Waals surface area contributed by atoms with Gasteiger partial charge in [-0.3, -0.25) is 4.79 Å². The summed E-state index contributed by atoms with van der Waals surface area (Å²) in [5.74, 6) is 0.810. The Balaban J connectivity index is 2.18. The second-order valence-corrected chi connectivity index (χ2v) is 5.83. The fourth-order valence-electron chi connectivity index (χ4n) is 2.06. The Bertz CT molecular complexity index is 440. The molecule has 1 fully saturated rings. The van der Waals surface area contributed by atoms with E-state index in [9.17, 15) is 4.79 Å². The molecule has 1 aromatic rings. The molecule has 2 nitrogen and oxygen atoms in total. The van der Waals surface area contributed by atoms with E-state index in [4.69, 9.17) is 0 Å². The Hall–Kier alpha value is -0.830. The van der Waals surface area contributed by atoms with Crippen molar-refractivity contribution in [1.82, 2.24) is 4.90 Å². The molecule has 0 bridgehead atoms. The first-order chi connectivity index (χ1) is 8.00. The van der Waals surface area contributed by atoms with Crippen molar-refractivity contribution in [2.24, 2.45) is 5.92 Å². The second kappa shape index (κ2) is 4.81. The first kappa shape index (κ1) is 12.6. The summed E-state index contributed by atoms with van der Waals surface area (Å²) < 4.78 is 0.886. The van der Waals surface area contributed by atoms with Crippen LogP contribution in [0.4, 0.5) is 0 Å². The highest BCUT2D eigenvalue weighted by Gasteiger charge is 2.33. The molecule has 0 heterocycles. The monoisotopic (exact) mass is 295 g/mol. The van der Waals surface area contributed by atoms with Crippen LogP contribution in [-0.2, 0) is 0 Å². The van der Waals surface area contributed by atoms with Gasteiger partial charge < -0.3 is 4.90 Å². The van der Waals surface area contributed by atoms with Gasteiger partial charge in [-0.15, -0.1) is 0 Å². The summed E-state index contributed by atoms with van der Waals surface area (Å²) in [5, 5.41) is 0. The lowest BCUT2D eigenvalue weighted by Crippen LogP contribution is -2.36. The predicted molar refractivity (Wildman–Crippen MR) is 73.2 cm³/mol. The number of nitrogens with zero attached hydrogens (tertiary/aromatic N) is 1. The molecule has 1 aliphatic rings. The SMILES string of the molecule is Cc1ccc(C(=O)N(C)C(C)C2CC2)c(Br)c1. The maximum atomic E-state index is 12.3. The Morgan fingerprint density at radius 1 is 1.47 bits per heavy atom. The number of halogens is 1. The van der Waals surface area contributed by atoms with Gasteiger partial charge in [-0.25, -0.2) is 0 Å². The molecule has 1 amide bonds. The molecule has 0 aromatic heterocycles. The predicted octanol–water partition coefficient (Wildman–Crippen LogP) is 3.63. The summed E-state index contributed by atoms with van der Waals surface area (Å²) in [5.41, 5.74) is 1.91. The Kier molecular flexibility index (Phi) is 3.57. The van der Waals surface area contributed by atoms with Gasteiger partial charge in [-0.05, 0) is 66.2 Å². The van der Waals surface area contributed by atoms with E-state index >= 15 is 0 Å². The van der Waals surface area contributed by atoms with E-state index in [1.165, 1.54) is 12.8 Å². The fraction of sp³-hybridized carbons (Fsp3) is 0.500. The quantitative estimate of drug-likeness (QED) is 0.834. The van der Waals surface area contributed by atoms with Crippen LogP contribution < -0.4 is 0 Å². The average molecular weight is 296 g/mol.